The van der Waals surface area contributed by atoms with Gasteiger partial charge >= 0.3 is 7.05 Å². The summed E-state index contributed by atoms with van der Waals surface area (Å²) in [6.07, 6.45) is 4.73. The molecule has 2 rings (SSSR count). The molecule has 1 aromatic rings. The van der Waals surface area contributed by atoms with E-state index in [0.29, 0.717) is 5.92 Å². The Morgan fingerprint density at radius 3 is 2.85 bits per heavy atom. The van der Waals surface area contributed by atoms with Crippen LogP contribution in [-0.4, -0.2) is 43.2 Å². The molecule has 0 saturated carbocycles. The SMILES string of the molecule is CB(O)NCCCN1CCC(c2cccc[n+]2[O-])CC1. The van der Waals surface area contributed by atoms with E-state index in [-0.39, 0.29) is 0 Å². The van der Waals surface area contributed by atoms with Crippen LogP contribution in [0, 0.1) is 5.21 Å². The molecule has 5 nitrogen and oxygen atoms in total. The van der Waals surface area contributed by atoms with E-state index in [1.54, 1.807) is 19.1 Å². The number of hydrogen-bond acceptors (Lipinski definition) is 4. The summed E-state index contributed by atoms with van der Waals surface area (Å²) in [4.78, 5) is 2.44. The molecule has 1 aliphatic rings. The second kappa shape index (κ2) is 7.62. The van der Waals surface area contributed by atoms with Crippen molar-refractivity contribution in [3.05, 3.63) is 35.3 Å². The molecule has 0 spiro atoms. The van der Waals surface area contributed by atoms with Crippen LogP contribution in [0.2, 0.25) is 6.82 Å². The summed E-state index contributed by atoms with van der Waals surface area (Å²) in [7, 11) is -0.425. The maximum Gasteiger partial charge on any atom is 0.373 e. The number of nitrogens with one attached hydrogen (secondary N) is 1. The lowest BCUT2D eigenvalue weighted by Gasteiger charge is -2.31. The number of nitrogens with zero attached hydrogens (tertiary/aromatic N) is 2. The molecule has 1 aromatic heterocycles. The number of pyridine rings is 1. The van der Waals surface area contributed by atoms with Gasteiger partial charge in [-0.15, -0.1) is 0 Å². The molecule has 110 valence electrons. The van der Waals surface area contributed by atoms with Crippen molar-refractivity contribution in [2.45, 2.75) is 32.0 Å². The molecular formula is C14H24BN3O2. The Balaban J connectivity index is 1.71. The van der Waals surface area contributed by atoms with E-state index in [0.717, 1.165) is 55.9 Å². The van der Waals surface area contributed by atoms with Crippen molar-refractivity contribution in [1.29, 1.82) is 0 Å². The van der Waals surface area contributed by atoms with Crippen molar-refractivity contribution in [1.82, 2.24) is 10.1 Å². The third-order valence-corrected chi connectivity index (χ3v) is 3.95. The normalized spacial score (nSPS) is 17.3. The molecule has 20 heavy (non-hydrogen) atoms. The van der Waals surface area contributed by atoms with Crippen LogP contribution in [0.5, 0.6) is 0 Å². The first-order chi connectivity index (χ1) is 9.66. The summed E-state index contributed by atoms with van der Waals surface area (Å²) < 4.78 is 1.01. The van der Waals surface area contributed by atoms with Gasteiger partial charge in [0.15, 0.2) is 11.9 Å². The second-order valence-electron chi connectivity index (χ2n) is 5.55. The van der Waals surface area contributed by atoms with Crippen molar-refractivity contribution in [2.24, 2.45) is 0 Å². The first kappa shape index (κ1) is 15.3. The standard InChI is InChI=1S/C14H24BN3O2/c1-15(19)16-8-4-9-17-11-6-13(7-12-17)14-5-2-3-10-18(14)20/h2-3,5,10,13,16,19H,4,6-9,11-12H2,1H3. The van der Waals surface area contributed by atoms with Crippen LogP contribution in [0.3, 0.4) is 0 Å². The van der Waals surface area contributed by atoms with E-state index in [1.165, 1.54) is 0 Å². The smallest absolute Gasteiger partial charge is 0.373 e. The Bertz CT molecular complexity index is 409. The number of piperidine rings is 1. The van der Waals surface area contributed by atoms with E-state index in [1.807, 2.05) is 12.1 Å². The monoisotopic (exact) mass is 277 g/mol. The number of likely N-dealkylation sites (tertiary alicyclic amines) is 1. The molecule has 1 saturated heterocycles. The molecule has 1 aliphatic heterocycles. The molecule has 0 amide bonds. The van der Waals surface area contributed by atoms with E-state index in [4.69, 9.17) is 5.02 Å². The van der Waals surface area contributed by atoms with Crippen LogP contribution in [0.15, 0.2) is 24.4 Å². The van der Waals surface area contributed by atoms with Gasteiger partial charge in [0.05, 0.1) is 0 Å². The molecule has 0 aromatic carbocycles. The molecule has 0 radical (unpaired) electrons. The van der Waals surface area contributed by atoms with Crippen LogP contribution in [0.1, 0.15) is 30.9 Å². The Morgan fingerprint density at radius 2 is 2.20 bits per heavy atom. The topological polar surface area (TPSA) is 62.4 Å². The van der Waals surface area contributed by atoms with Gasteiger partial charge in [0, 0.05) is 18.1 Å². The van der Waals surface area contributed by atoms with Gasteiger partial charge in [0.1, 0.15) is 0 Å². The van der Waals surface area contributed by atoms with Crippen molar-refractivity contribution in [3.8, 4) is 0 Å². The minimum atomic E-state index is -0.425. The number of aromatic nitrogens is 1. The number of rotatable bonds is 6. The lowest BCUT2D eigenvalue weighted by Crippen LogP contribution is -2.40. The molecular weight excluding hydrogens is 253 g/mol. The van der Waals surface area contributed by atoms with Crippen molar-refractivity contribution in [2.75, 3.05) is 26.2 Å². The zero-order valence-electron chi connectivity index (χ0n) is 12.2. The minimum Gasteiger partial charge on any atom is -0.618 e. The maximum atomic E-state index is 11.7. The van der Waals surface area contributed by atoms with E-state index >= 15 is 0 Å². The van der Waals surface area contributed by atoms with Crippen LogP contribution in [-0.2, 0) is 0 Å². The predicted octanol–water partition coefficient (Wildman–Crippen LogP) is 0.589. The fourth-order valence-corrected chi connectivity index (χ4v) is 2.82. The highest BCUT2D eigenvalue weighted by Crippen LogP contribution is 2.25. The van der Waals surface area contributed by atoms with Crippen LogP contribution in [0.25, 0.3) is 0 Å². The highest BCUT2D eigenvalue weighted by molar-refractivity contribution is 6.45. The Hall–Kier alpha value is -1.11. The Labute approximate surface area is 121 Å². The van der Waals surface area contributed by atoms with Crippen LogP contribution < -0.4 is 9.96 Å². The zero-order chi connectivity index (χ0) is 14.4. The third kappa shape index (κ3) is 4.47. The summed E-state index contributed by atoms with van der Waals surface area (Å²) in [5.74, 6) is 0.389. The van der Waals surface area contributed by atoms with Crippen LogP contribution in [0.4, 0.5) is 0 Å². The van der Waals surface area contributed by atoms with Gasteiger partial charge in [-0.1, -0.05) is 6.07 Å². The molecule has 2 heterocycles. The first-order valence-electron chi connectivity index (χ1n) is 7.48. The van der Waals surface area contributed by atoms with Crippen molar-refractivity contribution in [3.63, 3.8) is 0 Å². The van der Waals surface area contributed by atoms with E-state index in [2.05, 4.69) is 10.1 Å². The van der Waals surface area contributed by atoms with Gasteiger partial charge in [-0.25, -0.2) is 0 Å². The van der Waals surface area contributed by atoms with Gasteiger partial charge in [-0.2, -0.15) is 4.73 Å². The Morgan fingerprint density at radius 1 is 1.45 bits per heavy atom. The van der Waals surface area contributed by atoms with Gasteiger partial charge in [0.2, 0.25) is 0 Å². The molecule has 0 unspecified atom stereocenters. The largest absolute Gasteiger partial charge is 0.618 e. The molecule has 1 fully saturated rings. The highest BCUT2D eigenvalue weighted by Gasteiger charge is 2.25. The molecule has 6 heteroatoms. The Kier molecular flexibility index (Phi) is 5.82. The average molecular weight is 277 g/mol. The molecule has 0 aliphatic carbocycles. The van der Waals surface area contributed by atoms with Gasteiger partial charge in [-0.05, 0) is 52.3 Å². The maximum absolute atomic E-state index is 11.7. The average Bonchev–Trinajstić information content (AvgIpc) is 2.45. The van der Waals surface area contributed by atoms with Crippen LogP contribution >= 0.6 is 0 Å². The quantitative estimate of drug-likeness (QED) is 0.346. The highest BCUT2D eigenvalue weighted by atomic mass is 16.5. The summed E-state index contributed by atoms with van der Waals surface area (Å²) in [5, 5.41) is 23.9. The lowest BCUT2D eigenvalue weighted by molar-refractivity contribution is -0.616. The summed E-state index contributed by atoms with van der Waals surface area (Å²) in [5.41, 5.74) is 0.905. The predicted molar refractivity (Wildman–Crippen MR) is 80.3 cm³/mol. The zero-order valence-corrected chi connectivity index (χ0v) is 12.2. The van der Waals surface area contributed by atoms with Gasteiger partial charge in [-0.3, -0.25) is 0 Å². The summed E-state index contributed by atoms with van der Waals surface area (Å²) >= 11 is 0. The number of hydrogen-bond donors (Lipinski definition) is 2. The molecule has 0 bridgehead atoms. The van der Waals surface area contributed by atoms with Crippen molar-refractivity contribution < 1.29 is 9.75 Å². The fraction of sp³-hybridized carbons (Fsp3) is 0.643. The summed E-state index contributed by atoms with van der Waals surface area (Å²) in [6, 6.07) is 5.67. The second-order valence-corrected chi connectivity index (χ2v) is 5.55. The third-order valence-electron chi connectivity index (χ3n) is 3.95. The molecule has 2 N–H and O–H groups in total. The minimum absolute atomic E-state index is 0.389. The lowest BCUT2D eigenvalue weighted by atomic mass is 9.89. The summed E-state index contributed by atoms with van der Waals surface area (Å²) in [6.45, 7) is 5.74. The van der Waals surface area contributed by atoms with Crippen molar-refractivity contribution >= 4 is 7.05 Å². The molecule has 0 atom stereocenters. The first-order valence-corrected chi connectivity index (χ1v) is 7.48. The van der Waals surface area contributed by atoms with E-state index < -0.39 is 7.05 Å². The fourth-order valence-electron chi connectivity index (χ4n) is 2.82. The van der Waals surface area contributed by atoms with Gasteiger partial charge in [0.25, 0.3) is 0 Å². The van der Waals surface area contributed by atoms with E-state index in [9.17, 15) is 5.21 Å². The van der Waals surface area contributed by atoms with Gasteiger partial charge < -0.3 is 20.4 Å².